The maximum absolute atomic E-state index is 12.6. The number of rotatable bonds is 10. The second-order valence-corrected chi connectivity index (χ2v) is 8.84. The summed E-state index contributed by atoms with van der Waals surface area (Å²) in [6.07, 6.45) is 1.73. The fourth-order valence-electron chi connectivity index (χ4n) is 2.69. The van der Waals surface area contributed by atoms with Crippen molar-refractivity contribution in [2.45, 2.75) is 44.6 Å². The van der Waals surface area contributed by atoms with Gasteiger partial charge in [0.1, 0.15) is 10.6 Å². The topological polar surface area (TPSA) is 111 Å². The number of amides is 1. The Labute approximate surface area is 183 Å². The Morgan fingerprint density at radius 2 is 1.68 bits per heavy atom. The molecule has 9 heteroatoms. The maximum Gasteiger partial charge on any atom is 0.338 e. The van der Waals surface area contributed by atoms with Gasteiger partial charge < -0.3 is 14.8 Å². The number of esters is 1. The predicted octanol–water partition coefficient (Wildman–Crippen LogP) is 3.59. The van der Waals surface area contributed by atoms with Crippen molar-refractivity contribution in [2.75, 3.05) is 19.0 Å². The van der Waals surface area contributed by atoms with Crippen molar-refractivity contribution >= 4 is 27.6 Å². The van der Waals surface area contributed by atoms with Crippen molar-refractivity contribution < 1.29 is 27.5 Å². The van der Waals surface area contributed by atoms with E-state index in [1.807, 2.05) is 6.92 Å². The van der Waals surface area contributed by atoms with Crippen molar-refractivity contribution in [1.82, 2.24) is 4.72 Å². The second-order valence-electron chi connectivity index (χ2n) is 7.16. The third-order valence-corrected chi connectivity index (χ3v) is 5.90. The molecule has 0 bridgehead atoms. The molecule has 8 nitrogen and oxygen atoms in total. The van der Waals surface area contributed by atoms with Crippen molar-refractivity contribution in [2.24, 2.45) is 0 Å². The van der Waals surface area contributed by atoms with Crippen LogP contribution in [0, 0.1) is 0 Å². The summed E-state index contributed by atoms with van der Waals surface area (Å²) in [7, 11) is -2.50. The number of hydrogen-bond donors (Lipinski definition) is 2. The normalized spacial score (nSPS) is 11.3. The van der Waals surface area contributed by atoms with Crippen LogP contribution in [0.2, 0.25) is 0 Å². The summed E-state index contributed by atoms with van der Waals surface area (Å²) in [4.78, 5) is 24.5. The first-order valence-corrected chi connectivity index (χ1v) is 11.4. The number of benzene rings is 2. The van der Waals surface area contributed by atoms with Crippen molar-refractivity contribution in [3.63, 3.8) is 0 Å². The monoisotopic (exact) mass is 448 g/mol. The number of ether oxygens (including phenoxy) is 2. The first kappa shape index (κ1) is 24.4. The number of hydrogen-bond acceptors (Lipinski definition) is 6. The maximum atomic E-state index is 12.6. The molecule has 1 amide bonds. The molecule has 0 radical (unpaired) electrons. The van der Waals surface area contributed by atoms with Crippen LogP contribution in [0.25, 0.3) is 0 Å². The summed E-state index contributed by atoms with van der Waals surface area (Å²) >= 11 is 0. The molecule has 0 atom stereocenters. The van der Waals surface area contributed by atoms with E-state index in [0.29, 0.717) is 17.9 Å². The van der Waals surface area contributed by atoms with Crippen LogP contribution < -0.4 is 14.8 Å². The zero-order valence-electron chi connectivity index (χ0n) is 18.1. The van der Waals surface area contributed by atoms with Crippen LogP contribution in [-0.4, -0.2) is 40.1 Å². The van der Waals surface area contributed by atoms with Gasteiger partial charge in [-0.2, -0.15) is 0 Å². The molecule has 0 saturated carbocycles. The fourth-order valence-corrected chi connectivity index (χ4v) is 4.13. The molecule has 2 aromatic carbocycles. The average molecular weight is 449 g/mol. The van der Waals surface area contributed by atoms with Gasteiger partial charge in [-0.1, -0.05) is 13.3 Å². The van der Waals surface area contributed by atoms with E-state index in [-0.39, 0.29) is 22.3 Å². The highest BCUT2D eigenvalue weighted by Gasteiger charge is 2.22. The van der Waals surface area contributed by atoms with Crippen molar-refractivity contribution in [3.05, 3.63) is 53.6 Å². The lowest BCUT2D eigenvalue weighted by molar-refractivity contribution is 0.0499. The van der Waals surface area contributed by atoms with Gasteiger partial charge in [0.25, 0.3) is 5.91 Å². The van der Waals surface area contributed by atoms with Gasteiger partial charge in [-0.3, -0.25) is 4.79 Å². The van der Waals surface area contributed by atoms with Gasteiger partial charge in [0.2, 0.25) is 10.0 Å². The van der Waals surface area contributed by atoms with Gasteiger partial charge in [-0.15, -0.1) is 0 Å². The molecule has 2 aromatic rings. The molecule has 0 aliphatic heterocycles. The van der Waals surface area contributed by atoms with E-state index < -0.39 is 21.9 Å². The van der Waals surface area contributed by atoms with Crippen LogP contribution in [0.1, 0.15) is 54.3 Å². The van der Waals surface area contributed by atoms with Crippen LogP contribution in [0.5, 0.6) is 5.75 Å². The van der Waals surface area contributed by atoms with Gasteiger partial charge in [0.05, 0.1) is 19.3 Å². The highest BCUT2D eigenvalue weighted by Crippen LogP contribution is 2.25. The predicted molar refractivity (Wildman–Crippen MR) is 118 cm³/mol. The molecule has 0 fully saturated rings. The van der Waals surface area contributed by atoms with Crippen molar-refractivity contribution in [1.29, 1.82) is 0 Å². The molecule has 0 aliphatic carbocycles. The van der Waals surface area contributed by atoms with Crippen LogP contribution in [0.15, 0.2) is 47.4 Å². The van der Waals surface area contributed by atoms with Gasteiger partial charge >= 0.3 is 5.97 Å². The lowest BCUT2D eigenvalue weighted by Gasteiger charge is -2.14. The van der Waals surface area contributed by atoms with E-state index in [1.54, 1.807) is 38.1 Å². The van der Waals surface area contributed by atoms with Crippen LogP contribution >= 0.6 is 0 Å². The Balaban J connectivity index is 2.17. The summed E-state index contributed by atoms with van der Waals surface area (Å²) in [5.41, 5.74) is 0.982. The number of nitrogens with one attached hydrogen (secondary N) is 2. The highest BCUT2D eigenvalue weighted by molar-refractivity contribution is 7.89. The average Bonchev–Trinajstić information content (AvgIpc) is 2.73. The minimum Gasteiger partial charge on any atom is -0.495 e. The molecule has 0 aliphatic rings. The number of carbonyl (C=O) groups excluding carboxylic acids is 2. The van der Waals surface area contributed by atoms with Crippen LogP contribution in [0.3, 0.4) is 0 Å². The lowest BCUT2D eigenvalue weighted by Crippen LogP contribution is -2.30. The quantitative estimate of drug-likeness (QED) is 0.424. The molecular formula is C22H28N2O6S. The molecule has 0 aromatic heterocycles. The fraction of sp³-hybridized carbons (Fsp3) is 0.364. The van der Waals surface area contributed by atoms with Gasteiger partial charge in [-0.25, -0.2) is 17.9 Å². The first-order valence-electron chi connectivity index (χ1n) is 9.96. The zero-order chi connectivity index (χ0) is 23.0. The lowest BCUT2D eigenvalue weighted by atomic mass is 10.1. The third-order valence-electron chi connectivity index (χ3n) is 4.22. The van der Waals surface area contributed by atoms with E-state index in [9.17, 15) is 18.0 Å². The van der Waals surface area contributed by atoms with Gasteiger partial charge in [0, 0.05) is 17.3 Å². The largest absolute Gasteiger partial charge is 0.495 e. The van der Waals surface area contributed by atoms with Gasteiger partial charge in [-0.05, 0) is 62.7 Å². The second kappa shape index (κ2) is 10.9. The molecule has 2 rings (SSSR count). The van der Waals surface area contributed by atoms with Gasteiger partial charge in [0.15, 0.2) is 0 Å². The van der Waals surface area contributed by atoms with E-state index in [0.717, 1.165) is 12.8 Å². The van der Waals surface area contributed by atoms with Crippen molar-refractivity contribution in [3.8, 4) is 5.75 Å². The first-order chi connectivity index (χ1) is 14.7. The number of anilines is 1. The highest BCUT2D eigenvalue weighted by atomic mass is 32.2. The molecule has 168 valence electrons. The summed E-state index contributed by atoms with van der Waals surface area (Å²) in [6, 6.07) is 10.1. The zero-order valence-corrected chi connectivity index (χ0v) is 18.9. The summed E-state index contributed by atoms with van der Waals surface area (Å²) in [6.45, 7) is 5.77. The summed E-state index contributed by atoms with van der Waals surface area (Å²) in [5.74, 6) is -0.786. The number of sulfonamides is 1. The Bertz CT molecular complexity index is 1020. The molecule has 2 N–H and O–H groups in total. The molecule has 0 heterocycles. The number of methoxy groups -OCH3 is 1. The number of unbranched alkanes of at least 4 members (excludes halogenated alkanes) is 1. The van der Waals surface area contributed by atoms with E-state index >= 15 is 0 Å². The van der Waals surface area contributed by atoms with E-state index in [1.165, 1.54) is 25.3 Å². The minimum absolute atomic E-state index is 0.124. The Kier molecular flexibility index (Phi) is 8.58. The van der Waals surface area contributed by atoms with E-state index in [4.69, 9.17) is 9.47 Å². The summed E-state index contributed by atoms with van der Waals surface area (Å²) in [5, 5.41) is 2.69. The van der Waals surface area contributed by atoms with E-state index in [2.05, 4.69) is 10.0 Å². The Hall–Kier alpha value is -2.91. The third kappa shape index (κ3) is 6.80. The van der Waals surface area contributed by atoms with Crippen LogP contribution in [0.4, 0.5) is 5.69 Å². The Morgan fingerprint density at radius 1 is 1.03 bits per heavy atom. The number of carbonyl (C=O) groups is 2. The Morgan fingerprint density at radius 3 is 2.26 bits per heavy atom. The van der Waals surface area contributed by atoms with Crippen LogP contribution in [-0.2, 0) is 14.8 Å². The molecule has 0 unspecified atom stereocenters. The molecule has 31 heavy (non-hydrogen) atoms. The SMILES string of the molecule is CCCCOC(=O)c1ccc(NC(=O)c2ccc(OC)c(S(=O)(=O)NC(C)C)c2)cc1. The standard InChI is InChI=1S/C22H28N2O6S/c1-5-6-13-30-22(26)16-7-10-18(11-8-16)23-21(25)17-9-12-19(29-4)20(14-17)31(27,28)24-15(2)3/h7-12,14-15,24H,5-6,13H2,1-4H3,(H,23,25). The molecule has 0 spiro atoms. The minimum atomic E-state index is -3.86. The molecule has 0 saturated heterocycles. The molecular weight excluding hydrogens is 420 g/mol. The smallest absolute Gasteiger partial charge is 0.338 e. The summed E-state index contributed by atoms with van der Waals surface area (Å²) < 4.78 is 37.9.